The summed E-state index contributed by atoms with van der Waals surface area (Å²) in [4.78, 5) is 11.9. The SMILES string of the molecule is O=c1ccn(-c2ccc3c(c2)CCO3)c2ccccc12. The Labute approximate surface area is 116 Å². The van der Waals surface area contributed by atoms with Crippen LogP contribution in [0.1, 0.15) is 5.56 Å². The second-order valence-corrected chi connectivity index (χ2v) is 4.96. The van der Waals surface area contributed by atoms with E-state index in [9.17, 15) is 4.79 Å². The van der Waals surface area contributed by atoms with Crippen molar-refractivity contribution >= 4 is 10.9 Å². The number of benzene rings is 2. The van der Waals surface area contributed by atoms with Gasteiger partial charge in [-0.3, -0.25) is 4.79 Å². The van der Waals surface area contributed by atoms with Crippen molar-refractivity contribution in [2.24, 2.45) is 0 Å². The van der Waals surface area contributed by atoms with E-state index < -0.39 is 0 Å². The molecule has 0 amide bonds. The van der Waals surface area contributed by atoms with E-state index in [1.54, 1.807) is 6.07 Å². The van der Waals surface area contributed by atoms with Crippen LogP contribution in [-0.4, -0.2) is 11.2 Å². The molecular weight excluding hydrogens is 250 g/mol. The molecule has 2 aromatic carbocycles. The van der Waals surface area contributed by atoms with Gasteiger partial charge in [0.15, 0.2) is 5.43 Å². The Hall–Kier alpha value is -2.55. The number of nitrogens with zero attached hydrogens (tertiary/aromatic N) is 1. The van der Waals surface area contributed by atoms with E-state index >= 15 is 0 Å². The Kier molecular flexibility index (Phi) is 2.39. The van der Waals surface area contributed by atoms with Gasteiger partial charge in [0.2, 0.25) is 0 Å². The molecule has 0 radical (unpaired) electrons. The molecule has 3 aromatic rings. The van der Waals surface area contributed by atoms with Gasteiger partial charge in [-0.25, -0.2) is 0 Å². The van der Waals surface area contributed by atoms with Gasteiger partial charge in [-0.05, 0) is 35.9 Å². The molecule has 0 fully saturated rings. The predicted octanol–water partition coefficient (Wildman–Crippen LogP) is 2.93. The molecule has 2 heterocycles. The molecule has 1 aliphatic rings. The lowest BCUT2D eigenvalue weighted by Crippen LogP contribution is -2.06. The molecule has 0 atom stereocenters. The second-order valence-electron chi connectivity index (χ2n) is 4.96. The fraction of sp³-hybridized carbons (Fsp3) is 0.118. The third kappa shape index (κ3) is 1.63. The molecule has 1 aromatic heterocycles. The standard InChI is InChI=1S/C17H13NO2/c19-16-7-9-18(15-4-2-1-3-14(15)16)13-5-6-17-12(11-13)8-10-20-17/h1-7,9,11H,8,10H2. The molecule has 4 rings (SSSR count). The number of hydrogen-bond acceptors (Lipinski definition) is 2. The van der Waals surface area contributed by atoms with E-state index in [1.165, 1.54) is 5.56 Å². The summed E-state index contributed by atoms with van der Waals surface area (Å²) >= 11 is 0. The Morgan fingerprint density at radius 2 is 1.95 bits per heavy atom. The monoisotopic (exact) mass is 263 g/mol. The normalized spacial score (nSPS) is 13.2. The Bertz CT molecular complexity index is 864. The lowest BCUT2D eigenvalue weighted by atomic mass is 10.1. The van der Waals surface area contributed by atoms with E-state index in [1.807, 2.05) is 42.6 Å². The van der Waals surface area contributed by atoms with Crippen LogP contribution < -0.4 is 10.2 Å². The Morgan fingerprint density at radius 1 is 1.05 bits per heavy atom. The molecule has 0 saturated heterocycles. The number of rotatable bonds is 1. The molecule has 0 N–H and O–H groups in total. The van der Waals surface area contributed by atoms with Gasteiger partial charge in [0, 0.05) is 29.8 Å². The molecule has 3 nitrogen and oxygen atoms in total. The minimum absolute atomic E-state index is 0.0568. The lowest BCUT2D eigenvalue weighted by Gasteiger charge is -2.11. The van der Waals surface area contributed by atoms with Crippen LogP contribution in [0, 0.1) is 0 Å². The number of aromatic nitrogens is 1. The Balaban J connectivity index is 1.99. The van der Waals surface area contributed by atoms with E-state index in [4.69, 9.17) is 4.74 Å². The van der Waals surface area contributed by atoms with Crippen molar-refractivity contribution in [3.63, 3.8) is 0 Å². The first-order valence-corrected chi connectivity index (χ1v) is 6.69. The Morgan fingerprint density at radius 3 is 2.90 bits per heavy atom. The van der Waals surface area contributed by atoms with Crippen LogP contribution in [-0.2, 0) is 6.42 Å². The first-order valence-electron chi connectivity index (χ1n) is 6.69. The maximum Gasteiger partial charge on any atom is 0.189 e. The predicted molar refractivity (Wildman–Crippen MR) is 78.7 cm³/mol. The zero-order valence-electron chi connectivity index (χ0n) is 10.9. The average molecular weight is 263 g/mol. The summed E-state index contributed by atoms with van der Waals surface area (Å²) in [5.74, 6) is 0.971. The summed E-state index contributed by atoms with van der Waals surface area (Å²) in [6, 6.07) is 15.5. The van der Waals surface area contributed by atoms with Gasteiger partial charge in [-0.15, -0.1) is 0 Å². The molecule has 20 heavy (non-hydrogen) atoms. The number of ether oxygens (including phenoxy) is 1. The van der Waals surface area contributed by atoms with Crippen LogP contribution in [0.5, 0.6) is 5.75 Å². The van der Waals surface area contributed by atoms with E-state index in [-0.39, 0.29) is 5.43 Å². The quantitative estimate of drug-likeness (QED) is 0.676. The van der Waals surface area contributed by atoms with Crippen molar-refractivity contribution in [2.75, 3.05) is 6.61 Å². The highest BCUT2D eigenvalue weighted by atomic mass is 16.5. The van der Waals surface area contributed by atoms with Gasteiger partial charge in [0.1, 0.15) is 5.75 Å². The maximum absolute atomic E-state index is 11.9. The van der Waals surface area contributed by atoms with Crippen LogP contribution in [0.2, 0.25) is 0 Å². The first-order chi connectivity index (χ1) is 9.83. The van der Waals surface area contributed by atoms with Crippen molar-refractivity contribution in [3.8, 4) is 11.4 Å². The number of pyridine rings is 1. The summed E-state index contributed by atoms with van der Waals surface area (Å²) in [5, 5.41) is 0.742. The fourth-order valence-corrected chi connectivity index (χ4v) is 2.75. The minimum atomic E-state index is 0.0568. The average Bonchev–Trinajstić information content (AvgIpc) is 2.95. The molecule has 0 aliphatic carbocycles. The van der Waals surface area contributed by atoms with Crippen molar-refractivity contribution in [1.29, 1.82) is 0 Å². The molecule has 3 heteroatoms. The fourth-order valence-electron chi connectivity index (χ4n) is 2.75. The largest absolute Gasteiger partial charge is 0.493 e. The zero-order valence-corrected chi connectivity index (χ0v) is 10.9. The molecule has 98 valence electrons. The van der Waals surface area contributed by atoms with Gasteiger partial charge in [-0.1, -0.05) is 12.1 Å². The highest BCUT2D eigenvalue weighted by Crippen LogP contribution is 2.28. The molecule has 0 spiro atoms. The number of para-hydroxylation sites is 1. The van der Waals surface area contributed by atoms with E-state index in [0.29, 0.717) is 0 Å². The smallest absolute Gasteiger partial charge is 0.189 e. The van der Waals surface area contributed by atoms with Crippen molar-refractivity contribution in [3.05, 3.63) is 70.5 Å². The van der Waals surface area contributed by atoms with E-state index in [2.05, 4.69) is 10.6 Å². The van der Waals surface area contributed by atoms with Gasteiger partial charge in [-0.2, -0.15) is 0 Å². The summed E-state index contributed by atoms with van der Waals surface area (Å²) in [5.41, 5.74) is 3.27. The second kappa shape index (κ2) is 4.23. The number of hydrogen-bond donors (Lipinski definition) is 0. The topological polar surface area (TPSA) is 31.2 Å². The van der Waals surface area contributed by atoms with Crippen molar-refractivity contribution in [2.45, 2.75) is 6.42 Å². The van der Waals surface area contributed by atoms with Crippen LogP contribution in [0.15, 0.2) is 59.5 Å². The molecule has 0 unspecified atom stereocenters. The highest BCUT2D eigenvalue weighted by molar-refractivity contribution is 5.80. The van der Waals surface area contributed by atoms with Gasteiger partial charge in [0.25, 0.3) is 0 Å². The van der Waals surface area contributed by atoms with Gasteiger partial charge >= 0.3 is 0 Å². The summed E-state index contributed by atoms with van der Waals surface area (Å²) in [7, 11) is 0. The first kappa shape index (κ1) is 11.3. The summed E-state index contributed by atoms with van der Waals surface area (Å²) in [6.07, 6.45) is 2.78. The third-order valence-electron chi connectivity index (χ3n) is 3.76. The van der Waals surface area contributed by atoms with E-state index in [0.717, 1.165) is 35.4 Å². The zero-order chi connectivity index (χ0) is 13.5. The van der Waals surface area contributed by atoms with Gasteiger partial charge in [0.05, 0.1) is 12.1 Å². The molecular formula is C17H13NO2. The van der Waals surface area contributed by atoms with Crippen molar-refractivity contribution in [1.82, 2.24) is 4.57 Å². The summed E-state index contributed by atoms with van der Waals surface area (Å²) in [6.45, 7) is 0.754. The minimum Gasteiger partial charge on any atom is -0.493 e. The van der Waals surface area contributed by atoms with Crippen molar-refractivity contribution < 1.29 is 4.74 Å². The maximum atomic E-state index is 11.9. The molecule has 1 aliphatic heterocycles. The summed E-state index contributed by atoms with van der Waals surface area (Å²) < 4.78 is 7.59. The molecule has 0 bridgehead atoms. The van der Waals surface area contributed by atoms with Gasteiger partial charge < -0.3 is 9.30 Å². The van der Waals surface area contributed by atoms with Crippen LogP contribution >= 0.6 is 0 Å². The highest BCUT2D eigenvalue weighted by Gasteiger charge is 2.13. The lowest BCUT2D eigenvalue weighted by molar-refractivity contribution is 0.357. The van der Waals surface area contributed by atoms with Crippen LogP contribution in [0.25, 0.3) is 16.6 Å². The molecule has 0 saturated carbocycles. The number of fused-ring (bicyclic) bond motifs is 2. The third-order valence-corrected chi connectivity index (χ3v) is 3.76. The van der Waals surface area contributed by atoms with Crippen LogP contribution in [0.4, 0.5) is 0 Å². The van der Waals surface area contributed by atoms with Crippen LogP contribution in [0.3, 0.4) is 0 Å².